The SMILES string of the molecule is COc1ccc(C)cc1N1CC(C(=O)NCc2ccccc2-n2cccn2)CC1=O. The summed E-state index contributed by atoms with van der Waals surface area (Å²) in [6.07, 6.45) is 3.76. The van der Waals surface area contributed by atoms with E-state index in [0.29, 0.717) is 24.5 Å². The largest absolute Gasteiger partial charge is 0.495 e. The molecule has 0 bridgehead atoms. The van der Waals surface area contributed by atoms with Crippen molar-refractivity contribution < 1.29 is 14.3 Å². The number of hydrogen-bond donors (Lipinski definition) is 1. The van der Waals surface area contributed by atoms with Crippen LogP contribution in [-0.4, -0.2) is 35.2 Å². The fourth-order valence-electron chi connectivity index (χ4n) is 3.75. The number of para-hydroxylation sites is 1. The van der Waals surface area contributed by atoms with E-state index in [2.05, 4.69) is 10.4 Å². The highest BCUT2D eigenvalue weighted by Crippen LogP contribution is 2.34. The summed E-state index contributed by atoms with van der Waals surface area (Å²) in [6.45, 7) is 2.67. The number of amides is 2. The molecule has 7 nitrogen and oxygen atoms in total. The van der Waals surface area contributed by atoms with Gasteiger partial charge in [-0.15, -0.1) is 0 Å². The standard InChI is InChI=1S/C23H24N4O3/c1-16-8-9-21(30-2)20(12-16)26-15-18(13-22(26)28)23(29)24-14-17-6-3-4-7-19(17)27-11-5-10-25-27/h3-12,18H,13-15H2,1-2H3,(H,24,29). The fraction of sp³-hybridized carbons (Fsp3) is 0.261. The van der Waals surface area contributed by atoms with E-state index in [1.807, 2.05) is 61.7 Å². The van der Waals surface area contributed by atoms with E-state index in [1.54, 1.807) is 22.9 Å². The van der Waals surface area contributed by atoms with E-state index in [0.717, 1.165) is 16.8 Å². The van der Waals surface area contributed by atoms with Crippen molar-refractivity contribution in [1.82, 2.24) is 15.1 Å². The number of anilines is 1. The van der Waals surface area contributed by atoms with Crippen LogP contribution in [0.25, 0.3) is 5.69 Å². The lowest BCUT2D eigenvalue weighted by atomic mass is 10.1. The van der Waals surface area contributed by atoms with Crippen molar-refractivity contribution in [2.24, 2.45) is 5.92 Å². The molecule has 2 heterocycles. The molecule has 1 unspecified atom stereocenters. The first-order valence-corrected chi connectivity index (χ1v) is 9.87. The lowest BCUT2D eigenvalue weighted by Crippen LogP contribution is -2.33. The molecular formula is C23H24N4O3. The van der Waals surface area contributed by atoms with Crippen LogP contribution in [0.3, 0.4) is 0 Å². The highest BCUT2D eigenvalue weighted by Gasteiger charge is 2.36. The third-order valence-corrected chi connectivity index (χ3v) is 5.32. The van der Waals surface area contributed by atoms with Crippen LogP contribution >= 0.6 is 0 Å². The lowest BCUT2D eigenvalue weighted by molar-refractivity contribution is -0.126. The van der Waals surface area contributed by atoms with Crippen LogP contribution in [0.4, 0.5) is 5.69 Å². The van der Waals surface area contributed by atoms with Crippen LogP contribution in [-0.2, 0) is 16.1 Å². The predicted octanol–water partition coefficient (Wildman–Crippen LogP) is 2.86. The minimum absolute atomic E-state index is 0.0732. The molecule has 4 rings (SSSR count). The Morgan fingerprint density at radius 1 is 1.20 bits per heavy atom. The van der Waals surface area contributed by atoms with E-state index in [-0.39, 0.29) is 18.2 Å². The minimum atomic E-state index is -0.403. The molecule has 0 aliphatic carbocycles. The van der Waals surface area contributed by atoms with Crippen molar-refractivity contribution in [3.05, 3.63) is 72.1 Å². The molecule has 7 heteroatoms. The number of ether oxygens (including phenoxy) is 1. The van der Waals surface area contributed by atoms with Gasteiger partial charge in [0.1, 0.15) is 5.75 Å². The quantitative estimate of drug-likeness (QED) is 0.685. The maximum atomic E-state index is 12.8. The van der Waals surface area contributed by atoms with E-state index < -0.39 is 5.92 Å². The third-order valence-electron chi connectivity index (χ3n) is 5.32. The van der Waals surface area contributed by atoms with Gasteiger partial charge in [0, 0.05) is 31.9 Å². The molecule has 1 saturated heterocycles. The number of nitrogens with one attached hydrogen (secondary N) is 1. The van der Waals surface area contributed by atoms with Crippen molar-refractivity contribution in [3.8, 4) is 11.4 Å². The molecular weight excluding hydrogens is 380 g/mol. The number of carbonyl (C=O) groups excluding carboxylic acids is 2. The summed E-state index contributed by atoms with van der Waals surface area (Å²) >= 11 is 0. The number of methoxy groups -OCH3 is 1. The Labute approximate surface area is 175 Å². The Bertz CT molecular complexity index is 1060. The minimum Gasteiger partial charge on any atom is -0.495 e. The summed E-state index contributed by atoms with van der Waals surface area (Å²) in [5.74, 6) is 0.0199. The number of aryl methyl sites for hydroxylation is 1. The summed E-state index contributed by atoms with van der Waals surface area (Å²) in [5.41, 5.74) is 3.61. The van der Waals surface area contributed by atoms with Crippen molar-refractivity contribution in [2.75, 3.05) is 18.6 Å². The average Bonchev–Trinajstić information content (AvgIpc) is 3.42. The zero-order valence-corrected chi connectivity index (χ0v) is 17.0. The highest BCUT2D eigenvalue weighted by atomic mass is 16.5. The maximum Gasteiger partial charge on any atom is 0.227 e. The molecule has 2 amide bonds. The first-order valence-electron chi connectivity index (χ1n) is 9.87. The molecule has 1 atom stereocenters. The Morgan fingerprint density at radius 2 is 2.03 bits per heavy atom. The third kappa shape index (κ3) is 3.91. The first-order chi connectivity index (χ1) is 14.6. The molecule has 0 radical (unpaired) electrons. The van der Waals surface area contributed by atoms with Gasteiger partial charge in [0.15, 0.2) is 0 Å². The van der Waals surface area contributed by atoms with E-state index in [4.69, 9.17) is 4.74 Å². The van der Waals surface area contributed by atoms with Gasteiger partial charge in [-0.05, 0) is 42.3 Å². The van der Waals surface area contributed by atoms with Crippen molar-refractivity contribution >= 4 is 17.5 Å². The fourth-order valence-corrected chi connectivity index (χ4v) is 3.75. The number of aromatic nitrogens is 2. The lowest BCUT2D eigenvalue weighted by Gasteiger charge is -2.20. The number of benzene rings is 2. The van der Waals surface area contributed by atoms with Gasteiger partial charge < -0.3 is 15.0 Å². The number of carbonyl (C=O) groups is 2. The zero-order valence-electron chi connectivity index (χ0n) is 17.0. The summed E-state index contributed by atoms with van der Waals surface area (Å²) in [6, 6.07) is 15.3. The smallest absolute Gasteiger partial charge is 0.227 e. The zero-order chi connectivity index (χ0) is 21.1. The van der Waals surface area contributed by atoms with Gasteiger partial charge in [0.05, 0.1) is 24.4 Å². The van der Waals surface area contributed by atoms with E-state index in [9.17, 15) is 9.59 Å². The second-order valence-electron chi connectivity index (χ2n) is 7.38. The second-order valence-corrected chi connectivity index (χ2v) is 7.38. The monoisotopic (exact) mass is 404 g/mol. The topological polar surface area (TPSA) is 76.5 Å². The normalized spacial score (nSPS) is 16.0. The summed E-state index contributed by atoms with van der Waals surface area (Å²) < 4.78 is 7.18. The van der Waals surface area contributed by atoms with Gasteiger partial charge in [0.25, 0.3) is 0 Å². The molecule has 1 aliphatic rings. The Kier molecular flexibility index (Phi) is 5.52. The van der Waals surface area contributed by atoms with Crippen LogP contribution in [0, 0.1) is 12.8 Å². The number of hydrogen-bond acceptors (Lipinski definition) is 4. The van der Waals surface area contributed by atoms with Crippen molar-refractivity contribution in [3.63, 3.8) is 0 Å². The van der Waals surface area contributed by atoms with Crippen LogP contribution in [0.15, 0.2) is 60.9 Å². The average molecular weight is 404 g/mol. The van der Waals surface area contributed by atoms with Crippen molar-refractivity contribution in [2.45, 2.75) is 19.9 Å². The molecule has 1 N–H and O–H groups in total. The molecule has 0 saturated carbocycles. The summed E-state index contributed by atoms with van der Waals surface area (Å²) in [4.78, 5) is 27.1. The van der Waals surface area contributed by atoms with Gasteiger partial charge in [-0.3, -0.25) is 9.59 Å². The molecule has 2 aromatic carbocycles. The molecule has 1 aliphatic heterocycles. The van der Waals surface area contributed by atoms with Gasteiger partial charge in [0.2, 0.25) is 11.8 Å². The first kappa shape index (κ1) is 19.7. The maximum absolute atomic E-state index is 12.8. The molecule has 154 valence electrons. The highest BCUT2D eigenvalue weighted by molar-refractivity contribution is 6.01. The molecule has 0 spiro atoms. The van der Waals surface area contributed by atoms with Crippen LogP contribution in [0.1, 0.15) is 17.5 Å². The summed E-state index contributed by atoms with van der Waals surface area (Å²) in [5, 5.41) is 7.25. The number of rotatable bonds is 6. The Balaban J connectivity index is 1.45. The van der Waals surface area contributed by atoms with Gasteiger partial charge >= 0.3 is 0 Å². The van der Waals surface area contributed by atoms with Crippen LogP contribution in [0.5, 0.6) is 5.75 Å². The van der Waals surface area contributed by atoms with Crippen LogP contribution < -0.4 is 15.0 Å². The Hall–Kier alpha value is -3.61. The molecule has 3 aromatic rings. The van der Waals surface area contributed by atoms with Gasteiger partial charge in [-0.2, -0.15) is 5.10 Å². The molecule has 1 aromatic heterocycles. The number of nitrogens with zero attached hydrogens (tertiary/aromatic N) is 3. The Morgan fingerprint density at radius 3 is 2.80 bits per heavy atom. The van der Waals surface area contributed by atoms with Crippen LogP contribution in [0.2, 0.25) is 0 Å². The van der Waals surface area contributed by atoms with Gasteiger partial charge in [-0.25, -0.2) is 4.68 Å². The van der Waals surface area contributed by atoms with Gasteiger partial charge in [-0.1, -0.05) is 24.3 Å². The van der Waals surface area contributed by atoms with Crippen molar-refractivity contribution in [1.29, 1.82) is 0 Å². The molecule has 30 heavy (non-hydrogen) atoms. The second kappa shape index (κ2) is 8.41. The van der Waals surface area contributed by atoms with E-state index in [1.165, 1.54) is 0 Å². The predicted molar refractivity (Wildman–Crippen MR) is 114 cm³/mol. The summed E-state index contributed by atoms with van der Waals surface area (Å²) in [7, 11) is 1.58. The van der Waals surface area contributed by atoms with E-state index >= 15 is 0 Å². The molecule has 1 fully saturated rings.